The Bertz CT molecular complexity index is 214. The highest BCUT2D eigenvalue weighted by Crippen LogP contribution is 1.91. The van der Waals surface area contributed by atoms with Gasteiger partial charge in [-0.3, -0.25) is 0 Å². The Morgan fingerprint density at radius 3 is 2.75 bits per heavy atom. The Morgan fingerprint density at radius 1 is 1.75 bits per heavy atom. The Hall–Kier alpha value is -0.700. The van der Waals surface area contributed by atoms with E-state index in [0.717, 1.165) is 5.69 Å². The summed E-state index contributed by atoms with van der Waals surface area (Å²) < 4.78 is 0. The maximum absolute atomic E-state index is 10.3. The van der Waals surface area contributed by atoms with Crippen LogP contribution in [0.4, 0.5) is 0 Å². The molecule has 0 bridgehead atoms. The standard InChI is InChI=1S/C4H5ClN2O/c5-1-3-2-6-4(8)7-3/h2H,1H2,(H2,6,7,8). The number of alkyl halides is 1. The van der Waals surface area contributed by atoms with Crippen molar-refractivity contribution in [3.8, 4) is 0 Å². The number of hydrogen-bond acceptors (Lipinski definition) is 1. The first-order valence-electron chi connectivity index (χ1n) is 2.15. The summed E-state index contributed by atoms with van der Waals surface area (Å²) >= 11 is 5.35. The lowest BCUT2D eigenvalue weighted by Gasteiger charge is -1.77. The summed E-state index contributed by atoms with van der Waals surface area (Å²) in [5.74, 6) is 0.346. The molecule has 0 aliphatic heterocycles. The third kappa shape index (κ3) is 0.924. The molecule has 0 amide bonds. The van der Waals surface area contributed by atoms with Crippen molar-refractivity contribution in [3.63, 3.8) is 0 Å². The fraction of sp³-hybridized carbons (Fsp3) is 0.250. The Labute approximate surface area is 50.7 Å². The van der Waals surface area contributed by atoms with Gasteiger partial charge < -0.3 is 9.97 Å². The molecule has 0 aliphatic rings. The number of hydrogen-bond donors (Lipinski definition) is 2. The molecular formula is C4H5ClN2O. The second-order valence-electron chi connectivity index (χ2n) is 1.40. The van der Waals surface area contributed by atoms with Crippen LogP contribution >= 0.6 is 11.6 Å². The number of H-pyrrole nitrogens is 2. The van der Waals surface area contributed by atoms with Gasteiger partial charge in [-0.2, -0.15) is 0 Å². The summed E-state index contributed by atoms with van der Waals surface area (Å²) in [7, 11) is 0. The zero-order valence-electron chi connectivity index (χ0n) is 4.07. The van der Waals surface area contributed by atoms with Crippen molar-refractivity contribution in [2.24, 2.45) is 0 Å². The average Bonchev–Trinajstić information content (AvgIpc) is 2.14. The van der Waals surface area contributed by atoms with E-state index in [-0.39, 0.29) is 5.69 Å². The van der Waals surface area contributed by atoms with Gasteiger partial charge in [0.2, 0.25) is 0 Å². The predicted molar refractivity (Wildman–Crippen MR) is 31.0 cm³/mol. The number of imidazole rings is 1. The minimum Gasteiger partial charge on any atom is -0.313 e. The molecule has 0 unspecified atom stereocenters. The molecule has 0 saturated carbocycles. The molecule has 2 N–H and O–H groups in total. The second kappa shape index (κ2) is 2.05. The van der Waals surface area contributed by atoms with Crippen molar-refractivity contribution in [1.82, 2.24) is 9.97 Å². The monoisotopic (exact) mass is 132 g/mol. The normalized spacial score (nSPS) is 9.62. The fourth-order valence-electron chi connectivity index (χ4n) is 0.443. The lowest BCUT2D eigenvalue weighted by Crippen LogP contribution is -2.00. The molecule has 1 rings (SSSR count). The van der Waals surface area contributed by atoms with E-state index in [4.69, 9.17) is 11.6 Å². The van der Waals surface area contributed by atoms with Crippen molar-refractivity contribution in [3.05, 3.63) is 22.4 Å². The van der Waals surface area contributed by atoms with E-state index in [1.54, 1.807) is 6.20 Å². The maximum Gasteiger partial charge on any atom is 0.323 e. The molecular weight excluding hydrogens is 128 g/mol. The molecule has 8 heavy (non-hydrogen) atoms. The lowest BCUT2D eigenvalue weighted by molar-refractivity contribution is 1.15. The largest absolute Gasteiger partial charge is 0.323 e. The molecule has 0 radical (unpaired) electrons. The Balaban J connectivity index is 3.01. The summed E-state index contributed by atoms with van der Waals surface area (Å²) in [6.45, 7) is 0. The highest BCUT2D eigenvalue weighted by Gasteiger charge is 1.88. The van der Waals surface area contributed by atoms with Crippen LogP contribution in [0.2, 0.25) is 0 Å². The number of nitrogens with one attached hydrogen (secondary N) is 2. The fourth-order valence-corrected chi connectivity index (χ4v) is 0.587. The number of aromatic amines is 2. The SMILES string of the molecule is O=c1[nH]cc(CCl)[nH]1. The zero-order valence-corrected chi connectivity index (χ0v) is 4.83. The number of halogens is 1. The second-order valence-corrected chi connectivity index (χ2v) is 1.67. The molecule has 3 nitrogen and oxygen atoms in total. The van der Waals surface area contributed by atoms with Crippen LogP contribution in [0.25, 0.3) is 0 Å². The maximum atomic E-state index is 10.3. The van der Waals surface area contributed by atoms with E-state index in [9.17, 15) is 4.79 Å². The zero-order chi connectivity index (χ0) is 5.98. The molecule has 1 heterocycles. The number of aromatic nitrogens is 2. The van der Waals surface area contributed by atoms with Crippen LogP contribution in [0.1, 0.15) is 5.69 Å². The van der Waals surface area contributed by atoms with Crippen molar-refractivity contribution in [1.29, 1.82) is 0 Å². The molecule has 0 spiro atoms. The van der Waals surface area contributed by atoms with E-state index in [1.165, 1.54) is 0 Å². The molecule has 44 valence electrons. The summed E-state index contributed by atoms with van der Waals surface area (Å²) in [4.78, 5) is 15.2. The predicted octanol–water partition coefficient (Wildman–Crippen LogP) is 0.442. The first-order chi connectivity index (χ1) is 3.83. The molecule has 0 aromatic carbocycles. The van der Waals surface area contributed by atoms with Gasteiger partial charge in [0.05, 0.1) is 11.6 Å². The van der Waals surface area contributed by atoms with Crippen molar-refractivity contribution >= 4 is 11.6 Å². The molecule has 0 atom stereocenters. The van der Waals surface area contributed by atoms with Crippen molar-refractivity contribution in [2.45, 2.75) is 5.88 Å². The van der Waals surface area contributed by atoms with Gasteiger partial charge in [-0.25, -0.2) is 4.79 Å². The topological polar surface area (TPSA) is 48.6 Å². The van der Waals surface area contributed by atoms with Gasteiger partial charge in [0.25, 0.3) is 0 Å². The van der Waals surface area contributed by atoms with Gasteiger partial charge in [-0.15, -0.1) is 11.6 Å². The summed E-state index contributed by atoms with van der Waals surface area (Å²) in [6.07, 6.45) is 1.55. The van der Waals surface area contributed by atoms with E-state index in [0.29, 0.717) is 5.88 Å². The third-order valence-corrected chi connectivity index (χ3v) is 1.08. The quantitative estimate of drug-likeness (QED) is 0.536. The molecule has 1 aromatic heterocycles. The van der Waals surface area contributed by atoms with E-state index in [1.807, 2.05) is 0 Å². The van der Waals surface area contributed by atoms with Crippen LogP contribution in [-0.4, -0.2) is 9.97 Å². The van der Waals surface area contributed by atoms with Gasteiger partial charge in [0.15, 0.2) is 0 Å². The first-order valence-corrected chi connectivity index (χ1v) is 2.69. The van der Waals surface area contributed by atoms with Gasteiger partial charge in [-0.1, -0.05) is 0 Å². The van der Waals surface area contributed by atoms with Gasteiger partial charge in [0.1, 0.15) is 0 Å². The van der Waals surface area contributed by atoms with Crippen LogP contribution in [-0.2, 0) is 5.88 Å². The Morgan fingerprint density at radius 2 is 2.50 bits per heavy atom. The third-order valence-electron chi connectivity index (χ3n) is 0.796. The highest BCUT2D eigenvalue weighted by molar-refractivity contribution is 6.16. The van der Waals surface area contributed by atoms with Gasteiger partial charge in [-0.05, 0) is 0 Å². The van der Waals surface area contributed by atoms with Crippen LogP contribution in [0, 0.1) is 0 Å². The van der Waals surface area contributed by atoms with Crippen LogP contribution in [0.3, 0.4) is 0 Å². The minimum absolute atomic E-state index is 0.208. The highest BCUT2D eigenvalue weighted by atomic mass is 35.5. The Kier molecular flexibility index (Phi) is 1.39. The summed E-state index contributed by atoms with van der Waals surface area (Å²) in [5, 5.41) is 0. The van der Waals surface area contributed by atoms with Crippen molar-refractivity contribution < 1.29 is 0 Å². The molecule has 0 aliphatic carbocycles. The molecule has 0 fully saturated rings. The van der Waals surface area contributed by atoms with E-state index < -0.39 is 0 Å². The molecule has 1 aromatic rings. The average molecular weight is 133 g/mol. The van der Waals surface area contributed by atoms with Crippen LogP contribution in [0.15, 0.2) is 11.0 Å². The summed E-state index contributed by atoms with van der Waals surface area (Å²) in [6, 6.07) is 0. The minimum atomic E-state index is -0.208. The number of rotatable bonds is 1. The first kappa shape index (κ1) is 5.44. The van der Waals surface area contributed by atoms with Crippen LogP contribution in [0.5, 0.6) is 0 Å². The lowest BCUT2D eigenvalue weighted by atomic mass is 10.6. The van der Waals surface area contributed by atoms with Gasteiger partial charge in [0, 0.05) is 6.20 Å². The molecule has 0 saturated heterocycles. The molecule has 4 heteroatoms. The van der Waals surface area contributed by atoms with Crippen LogP contribution < -0.4 is 5.69 Å². The van der Waals surface area contributed by atoms with Crippen molar-refractivity contribution in [2.75, 3.05) is 0 Å². The van der Waals surface area contributed by atoms with E-state index >= 15 is 0 Å². The van der Waals surface area contributed by atoms with E-state index in [2.05, 4.69) is 9.97 Å². The summed E-state index contributed by atoms with van der Waals surface area (Å²) in [5.41, 5.74) is 0.511. The van der Waals surface area contributed by atoms with Gasteiger partial charge >= 0.3 is 5.69 Å². The smallest absolute Gasteiger partial charge is 0.313 e.